The van der Waals surface area contributed by atoms with Crippen molar-refractivity contribution in [3.8, 4) is 0 Å². The number of rotatable bonds is 9. The van der Waals surface area contributed by atoms with Gasteiger partial charge in [0.25, 0.3) is 0 Å². The van der Waals surface area contributed by atoms with E-state index in [0.29, 0.717) is 6.42 Å². The number of anilines is 1. The molecule has 1 heterocycles. The van der Waals surface area contributed by atoms with Gasteiger partial charge in [0, 0.05) is 11.1 Å². The van der Waals surface area contributed by atoms with Crippen molar-refractivity contribution in [3.63, 3.8) is 0 Å². The third-order valence-corrected chi connectivity index (χ3v) is 5.90. The topological polar surface area (TPSA) is 111 Å². The van der Waals surface area contributed by atoms with Crippen molar-refractivity contribution >= 4 is 33.2 Å². The second-order valence-electron chi connectivity index (χ2n) is 6.77. The Labute approximate surface area is 180 Å². The fourth-order valence-corrected chi connectivity index (χ4v) is 4.34. The summed E-state index contributed by atoms with van der Waals surface area (Å²) in [5.74, 6) is -0.102. The van der Waals surface area contributed by atoms with Gasteiger partial charge in [-0.1, -0.05) is 49.4 Å². The summed E-state index contributed by atoms with van der Waals surface area (Å²) in [6.45, 7) is 2.03. The number of thiazole rings is 1. The zero-order valence-electron chi connectivity index (χ0n) is 16.4. The highest BCUT2D eigenvalue weighted by molar-refractivity contribution is 7.87. The summed E-state index contributed by atoms with van der Waals surface area (Å²) >= 11 is 1.50. The highest BCUT2D eigenvalue weighted by atomic mass is 32.2. The number of hydrogen-bond donors (Lipinski definition) is 2. The molecule has 9 heteroatoms. The fraction of sp³-hybridized carbons (Fsp3) is 0.238. The Morgan fingerprint density at radius 1 is 1.10 bits per heavy atom. The minimum absolute atomic E-state index is 0.102. The normalized spacial score (nSPS) is 12.3. The minimum Gasteiger partial charge on any atom is -0.731 e. The van der Waals surface area contributed by atoms with Gasteiger partial charge in [0.05, 0.1) is 18.2 Å². The van der Waals surface area contributed by atoms with Crippen molar-refractivity contribution in [1.29, 1.82) is 0 Å². The predicted octanol–water partition coefficient (Wildman–Crippen LogP) is 3.22. The molecule has 3 rings (SSSR count). The molecule has 0 saturated carbocycles. The molecule has 0 aliphatic rings. The van der Waals surface area contributed by atoms with Crippen LogP contribution in [0.25, 0.3) is 0 Å². The first-order valence-electron chi connectivity index (χ1n) is 9.42. The summed E-state index contributed by atoms with van der Waals surface area (Å²) in [5.41, 5.74) is 2.97. The molecule has 158 valence electrons. The van der Waals surface area contributed by atoms with Crippen molar-refractivity contribution in [2.75, 3.05) is 4.72 Å². The van der Waals surface area contributed by atoms with Crippen LogP contribution < -0.4 is 10.0 Å². The van der Waals surface area contributed by atoms with E-state index in [0.717, 1.165) is 28.2 Å². The molecule has 0 fully saturated rings. The van der Waals surface area contributed by atoms with Crippen molar-refractivity contribution in [1.82, 2.24) is 10.3 Å². The van der Waals surface area contributed by atoms with Crippen LogP contribution in [0.15, 0.2) is 60.0 Å². The SMILES string of the molecule is CCc1csc([C@H](Cc2ccc(NS(=O)(=O)[O-])cc2)NC(=O)Cc2ccccc2)n1. The Kier molecular flexibility index (Phi) is 7.20. The number of aryl methyl sites for hydroxylation is 1. The molecule has 0 radical (unpaired) electrons. The quantitative estimate of drug-likeness (QED) is 0.492. The monoisotopic (exact) mass is 444 g/mol. The van der Waals surface area contributed by atoms with E-state index in [1.807, 2.05) is 47.4 Å². The molecule has 3 aromatic rings. The largest absolute Gasteiger partial charge is 0.731 e. The molecule has 1 amide bonds. The summed E-state index contributed by atoms with van der Waals surface area (Å²) in [4.78, 5) is 17.3. The summed E-state index contributed by atoms with van der Waals surface area (Å²) in [5, 5.41) is 5.87. The molecule has 0 aliphatic carbocycles. The number of carbonyl (C=O) groups is 1. The average molecular weight is 445 g/mol. The number of benzene rings is 2. The smallest absolute Gasteiger partial charge is 0.224 e. The maximum atomic E-state index is 12.6. The molecule has 0 saturated heterocycles. The number of hydrogen-bond acceptors (Lipinski definition) is 6. The first-order valence-corrected chi connectivity index (χ1v) is 11.7. The van der Waals surface area contributed by atoms with Gasteiger partial charge in [-0.2, -0.15) is 0 Å². The maximum Gasteiger partial charge on any atom is 0.224 e. The van der Waals surface area contributed by atoms with Gasteiger partial charge in [0.2, 0.25) is 5.91 Å². The van der Waals surface area contributed by atoms with Crippen molar-refractivity contribution in [2.24, 2.45) is 0 Å². The number of nitrogens with zero attached hydrogens (tertiary/aromatic N) is 1. The summed E-state index contributed by atoms with van der Waals surface area (Å²) in [7, 11) is -4.57. The van der Waals surface area contributed by atoms with E-state index in [2.05, 4.69) is 10.3 Å². The van der Waals surface area contributed by atoms with E-state index < -0.39 is 10.3 Å². The molecule has 2 aromatic carbocycles. The van der Waals surface area contributed by atoms with E-state index in [9.17, 15) is 17.8 Å². The third kappa shape index (κ3) is 6.65. The molecule has 1 aromatic heterocycles. The lowest BCUT2D eigenvalue weighted by molar-refractivity contribution is -0.121. The van der Waals surface area contributed by atoms with Crippen LogP contribution in [-0.2, 0) is 34.4 Å². The summed E-state index contributed by atoms with van der Waals surface area (Å²) < 4.78 is 34.4. The van der Waals surface area contributed by atoms with Gasteiger partial charge < -0.3 is 9.87 Å². The van der Waals surface area contributed by atoms with Crippen LogP contribution in [-0.4, -0.2) is 23.9 Å². The molecule has 30 heavy (non-hydrogen) atoms. The summed E-state index contributed by atoms with van der Waals surface area (Å²) in [6, 6.07) is 15.7. The Hall–Kier alpha value is -2.75. The fourth-order valence-electron chi connectivity index (χ4n) is 2.96. The van der Waals surface area contributed by atoms with Gasteiger partial charge in [0.15, 0.2) is 10.3 Å². The zero-order chi connectivity index (χ0) is 21.6. The van der Waals surface area contributed by atoms with Crippen molar-refractivity contribution in [3.05, 3.63) is 81.8 Å². The van der Waals surface area contributed by atoms with Gasteiger partial charge in [-0.25, -0.2) is 13.4 Å². The van der Waals surface area contributed by atoms with Crippen LogP contribution in [0, 0.1) is 0 Å². The van der Waals surface area contributed by atoms with Gasteiger partial charge in [-0.05, 0) is 36.1 Å². The van der Waals surface area contributed by atoms with Gasteiger partial charge in [-0.3, -0.25) is 9.52 Å². The first kappa shape index (κ1) is 21.9. The number of aromatic nitrogens is 1. The lowest BCUT2D eigenvalue weighted by Gasteiger charge is -2.17. The van der Waals surface area contributed by atoms with E-state index in [4.69, 9.17) is 0 Å². The third-order valence-electron chi connectivity index (χ3n) is 4.41. The lowest BCUT2D eigenvalue weighted by Crippen LogP contribution is -2.31. The van der Waals surface area contributed by atoms with Crippen LogP contribution in [0.2, 0.25) is 0 Å². The Morgan fingerprint density at radius 2 is 1.80 bits per heavy atom. The average Bonchev–Trinajstić information content (AvgIpc) is 3.18. The Balaban J connectivity index is 1.75. The molecule has 0 unspecified atom stereocenters. The van der Waals surface area contributed by atoms with Gasteiger partial charge in [-0.15, -0.1) is 11.3 Å². The van der Waals surface area contributed by atoms with E-state index in [1.165, 1.54) is 23.5 Å². The molecule has 0 aliphatic heterocycles. The van der Waals surface area contributed by atoms with Crippen LogP contribution in [0.1, 0.15) is 34.8 Å². The molecule has 1 atom stereocenters. The molecule has 7 nitrogen and oxygen atoms in total. The van der Waals surface area contributed by atoms with Crippen LogP contribution in [0.3, 0.4) is 0 Å². The number of amides is 1. The molecule has 0 spiro atoms. The zero-order valence-corrected chi connectivity index (χ0v) is 18.0. The second-order valence-corrected chi connectivity index (χ2v) is 8.77. The predicted molar refractivity (Wildman–Crippen MR) is 116 cm³/mol. The van der Waals surface area contributed by atoms with Crippen LogP contribution in [0.5, 0.6) is 0 Å². The highest BCUT2D eigenvalue weighted by Crippen LogP contribution is 2.24. The van der Waals surface area contributed by atoms with Crippen molar-refractivity contribution in [2.45, 2.75) is 32.2 Å². The second kappa shape index (κ2) is 9.84. The molecular weight excluding hydrogens is 422 g/mol. The number of nitrogens with one attached hydrogen (secondary N) is 2. The molecule has 2 N–H and O–H groups in total. The standard InChI is InChI=1S/C21H23N3O4S2/c1-2-17-14-29-21(22-17)19(23-20(25)13-15-6-4-3-5-7-15)12-16-8-10-18(11-9-16)24-30(26,27)28/h3-11,14,19,24H,2,12-13H2,1H3,(H,23,25)(H,26,27,28)/p-1/t19-/m0/s1. The number of carbonyl (C=O) groups excluding carboxylic acids is 1. The lowest BCUT2D eigenvalue weighted by atomic mass is 10.0. The van der Waals surface area contributed by atoms with Crippen molar-refractivity contribution < 1.29 is 17.8 Å². The maximum absolute atomic E-state index is 12.6. The van der Waals surface area contributed by atoms with Crippen LogP contribution in [0.4, 0.5) is 5.69 Å². The van der Waals surface area contributed by atoms with Crippen LogP contribution >= 0.6 is 11.3 Å². The Bertz CT molecular complexity index is 1080. The van der Waals surface area contributed by atoms with E-state index in [-0.39, 0.29) is 24.1 Å². The molecule has 0 bridgehead atoms. The minimum atomic E-state index is -4.57. The van der Waals surface area contributed by atoms with E-state index in [1.54, 1.807) is 12.1 Å². The summed E-state index contributed by atoms with van der Waals surface area (Å²) in [6.07, 6.45) is 1.57. The van der Waals surface area contributed by atoms with E-state index >= 15 is 0 Å². The molecular formula is C21H22N3O4S2-. The van der Waals surface area contributed by atoms with Gasteiger partial charge >= 0.3 is 0 Å². The highest BCUT2D eigenvalue weighted by Gasteiger charge is 2.19. The first-order chi connectivity index (χ1) is 14.3. The Morgan fingerprint density at radius 3 is 2.40 bits per heavy atom. The van der Waals surface area contributed by atoms with Gasteiger partial charge in [0.1, 0.15) is 5.01 Å².